The van der Waals surface area contributed by atoms with Gasteiger partial charge in [-0.1, -0.05) is 0 Å². The summed E-state index contributed by atoms with van der Waals surface area (Å²) in [6, 6.07) is 3.32. The minimum atomic E-state index is -0.348. The van der Waals surface area contributed by atoms with Crippen LogP contribution >= 0.6 is 0 Å². The molecule has 4 nitrogen and oxygen atoms in total. The van der Waals surface area contributed by atoms with Crippen LogP contribution in [0.5, 0.6) is 0 Å². The van der Waals surface area contributed by atoms with Crippen LogP contribution in [0.25, 0.3) is 0 Å². The van der Waals surface area contributed by atoms with E-state index < -0.39 is 0 Å². The van der Waals surface area contributed by atoms with Crippen molar-refractivity contribution in [2.45, 2.75) is 12.1 Å². The van der Waals surface area contributed by atoms with E-state index in [-0.39, 0.29) is 12.1 Å². The molecule has 1 rings (SSSR count). The van der Waals surface area contributed by atoms with Crippen molar-refractivity contribution in [3.05, 3.63) is 0 Å². The largest absolute Gasteiger partial charge is 0.298 e. The molecule has 4 heteroatoms. The molecule has 0 aromatic rings. The quantitative estimate of drug-likeness (QED) is 0.446. The zero-order chi connectivity index (χ0) is 7.40. The molecule has 1 aliphatic rings. The Labute approximate surface area is 59.4 Å². The van der Waals surface area contributed by atoms with Crippen molar-refractivity contribution in [1.29, 1.82) is 10.5 Å². The van der Waals surface area contributed by atoms with E-state index in [1.807, 2.05) is 12.1 Å². The lowest BCUT2D eigenvalue weighted by Crippen LogP contribution is -2.54. The number of nitriles is 2. The van der Waals surface area contributed by atoms with Gasteiger partial charge in [-0.3, -0.25) is 10.6 Å². The molecule has 0 saturated carbocycles. The maximum atomic E-state index is 8.49. The van der Waals surface area contributed by atoms with Crippen LogP contribution in [0.4, 0.5) is 0 Å². The highest BCUT2D eigenvalue weighted by molar-refractivity contribution is 5.10. The van der Waals surface area contributed by atoms with Gasteiger partial charge >= 0.3 is 0 Å². The zero-order valence-electron chi connectivity index (χ0n) is 5.46. The average Bonchev–Trinajstić information content (AvgIpc) is 2.04. The Bertz CT molecular complexity index is 165. The first-order chi connectivity index (χ1) is 4.88. The summed E-state index contributed by atoms with van der Waals surface area (Å²) in [4.78, 5) is 0. The maximum absolute atomic E-state index is 8.49. The average molecular weight is 136 g/mol. The van der Waals surface area contributed by atoms with E-state index in [4.69, 9.17) is 10.5 Å². The molecule has 0 amide bonds. The van der Waals surface area contributed by atoms with E-state index in [0.717, 1.165) is 13.1 Å². The minimum Gasteiger partial charge on any atom is -0.298 e. The second-order valence-electron chi connectivity index (χ2n) is 2.12. The molecule has 2 unspecified atom stereocenters. The molecule has 1 saturated heterocycles. The van der Waals surface area contributed by atoms with Crippen molar-refractivity contribution in [3.63, 3.8) is 0 Å². The van der Waals surface area contributed by atoms with Gasteiger partial charge in [-0.25, -0.2) is 0 Å². The van der Waals surface area contributed by atoms with Gasteiger partial charge in [-0.15, -0.1) is 0 Å². The van der Waals surface area contributed by atoms with Crippen LogP contribution in [-0.2, 0) is 0 Å². The Morgan fingerprint density at radius 2 is 1.40 bits per heavy atom. The summed E-state index contributed by atoms with van der Waals surface area (Å²) in [5, 5.41) is 22.8. The molecular weight excluding hydrogens is 128 g/mol. The fraction of sp³-hybridized carbons (Fsp3) is 0.667. The van der Waals surface area contributed by atoms with E-state index >= 15 is 0 Å². The number of nitrogens with one attached hydrogen (secondary N) is 2. The molecular formula is C6H8N4. The fourth-order valence-electron chi connectivity index (χ4n) is 0.931. The van der Waals surface area contributed by atoms with Crippen LogP contribution in [0, 0.1) is 22.7 Å². The highest BCUT2D eigenvalue weighted by Crippen LogP contribution is 1.94. The monoisotopic (exact) mass is 136 g/mol. The Kier molecular flexibility index (Phi) is 2.22. The first-order valence-electron chi connectivity index (χ1n) is 3.14. The Morgan fingerprint density at radius 1 is 1.00 bits per heavy atom. The molecule has 1 aliphatic heterocycles. The molecule has 0 aromatic carbocycles. The van der Waals surface area contributed by atoms with Gasteiger partial charge in [-0.2, -0.15) is 10.5 Å². The standard InChI is InChI=1S/C6H8N4/c7-3-5-6(4-8)10-2-1-9-5/h5-6,9-10H,1-2H2. The number of piperazine rings is 1. The maximum Gasteiger partial charge on any atom is 0.124 e. The van der Waals surface area contributed by atoms with Gasteiger partial charge in [0.1, 0.15) is 12.1 Å². The van der Waals surface area contributed by atoms with Crippen molar-refractivity contribution >= 4 is 0 Å². The van der Waals surface area contributed by atoms with Crippen molar-refractivity contribution in [3.8, 4) is 12.1 Å². The summed E-state index contributed by atoms with van der Waals surface area (Å²) in [6.45, 7) is 1.52. The van der Waals surface area contributed by atoms with Gasteiger partial charge in [-0.05, 0) is 0 Å². The predicted octanol–water partition coefficient (Wildman–Crippen LogP) is -1.04. The van der Waals surface area contributed by atoms with Gasteiger partial charge in [0, 0.05) is 13.1 Å². The Balaban J connectivity index is 2.54. The molecule has 0 bridgehead atoms. The minimum absolute atomic E-state index is 0.348. The molecule has 52 valence electrons. The molecule has 0 aliphatic carbocycles. The zero-order valence-corrected chi connectivity index (χ0v) is 5.46. The van der Waals surface area contributed by atoms with Crippen molar-refractivity contribution in [1.82, 2.24) is 10.6 Å². The number of hydrogen-bond acceptors (Lipinski definition) is 4. The summed E-state index contributed by atoms with van der Waals surface area (Å²) in [5.74, 6) is 0. The van der Waals surface area contributed by atoms with Gasteiger partial charge < -0.3 is 0 Å². The molecule has 1 heterocycles. The van der Waals surface area contributed by atoms with Crippen LogP contribution in [0.15, 0.2) is 0 Å². The third-order valence-electron chi connectivity index (χ3n) is 1.47. The smallest absolute Gasteiger partial charge is 0.124 e. The number of nitrogens with zero attached hydrogens (tertiary/aromatic N) is 2. The summed E-state index contributed by atoms with van der Waals surface area (Å²) >= 11 is 0. The lowest BCUT2D eigenvalue weighted by molar-refractivity contribution is 0.422. The van der Waals surface area contributed by atoms with E-state index in [0.29, 0.717) is 0 Å². The molecule has 2 N–H and O–H groups in total. The van der Waals surface area contributed by atoms with E-state index in [2.05, 4.69) is 10.6 Å². The lowest BCUT2D eigenvalue weighted by Gasteiger charge is -2.23. The molecule has 0 aromatic heterocycles. The summed E-state index contributed by atoms with van der Waals surface area (Å²) in [7, 11) is 0. The van der Waals surface area contributed by atoms with Gasteiger partial charge in [0.05, 0.1) is 12.1 Å². The first-order valence-corrected chi connectivity index (χ1v) is 3.14. The number of hydrogen-bond donors (Lipinski definition) is 2. The van der Waals surface area contributed by atoms with Crippen molar-refractivity contribution in [2.75, 3.05) is 13.1 Å². The summed E-state index contributed by atoms with van der Waals surface area (Å²) in [5.41, 5.74) is 0. The molecule has 0 spiro atoms. The van der Waals surface area contributed by atoms with Crippen LogP contribution in [0.1, 0.15) is 0 Å². The van der Waals surface area contributed by atoms with Gasteiger partial charge in [0.25, 0.3) is 0 Å². The topological polar surface area (TPSA) is 71.6 Å². The SMILES string of the molecule is N#CC1NCCNC1C#N. The highest BCUT2D eigenvalue weighted by atomic mass is 15.1. The van der Waals surface area contributed by atoms with Crippen LogP contribution in [-0.4, -0.2) is 25.2 Å². The second-order valence-corrected chi connectivity index (χ2v) is 2.12. The molecule has 0 radical (unpaired) electrons. The van der Waals surface area contributed by atoms with Gasteiger partial charge in [0.2, 0.25) is 0 Å². The van der Waals surface area contributed by atoms with E-state index in [1.165, 1.54) is 0 Å². The fourth-order valence-corrected chi connectivity index (χ4v) is 0.931. The van der Waals surface area contributed by atoms with Crippen LogP contribution < -0.4 is 10.6 Å². The predicted molar refractivity (Wildman–Crippen MR) is 34.8 cm³/mol. The first kappa shape index (κ1) is 7.01. The lowest BCUT2D eigenvalue weighted by atomic mass is 10.1. The molecule has 10 heavy (non-hydrogen) atoms. The third kappa shape index (κ3) is 1.24. The second kappa shape index (κ2) is 3.17. The Hall–Kier alpha value is -1.10. The Morgan fingerprint density at radius 3 is 1.70 bits per heavy atom. The third-order valence-corrected chi connectivity index (χ3v) is 1.47. The van der Waals surface area contributed by atoms with Gasteiger partial charge in [0.15, 0.2) is 0 Å². The van der Waals surface area contributed by atoms with Crippen molar-refractivity contribution < 1.29 is 0 Å². The van der Waals surface area contributed by atoms with Crippen LogP contribution in [0.2, 0.25) is 0 Å². The number of rotatable bonds is 0. The van der Waals surface area contributed by atoms with E-state index in [1.54, 1.807) is 0 Å². The van der Waals surface area contributed by atoms with Crippen molar-refractivity contribution in [2.24, 2.45) is 0 Å². The highest BCUT2D eigenvalue weighted by Gasteiger charge is 2.22. The normalized spacial score (nSPS) is 32.2. The molecule has 2 atom stereocenters. The van der Waals surface area contributed by atoms with E-state index in [9.17, 15) is 0 Å². The van der Waals surface area contributed by atoms with Crippen LogP contribution in [0.3, 0.4) is 0 Å². The summed E-state index contributed by atoms with van der Waals surface area (Å²) < 4.78 is 0. The summed E-state index contributed by atoms with van der Waals surface area (Å²) in [6.07, 6.45) is 0. The molecule has 1 fully saturated rings.